The van der Waals surface area contributed by atoms with E-state index in [-0.39, 0.29) is 5.91 Å². The van der Waals surface area contributed by atoms with E-state index in [9.17, 15) is 4.79 Å². The molecule has 22 heavy (non-hydrogen) atoms. The van der Waals surface area contributed by atoms with Crippen LogP contribution in [0.5, 0.6) is 0 Å². The van der Waals surface area contributed by atoms with Gasteiger partial charge in [0.15, 0.2) is 5.82 Å². The van der Waals surface area contributed by atoms with Crippen molar-refractivity contribution in [1.29, 1.82) is 0 Å². The second-order valence-corrected chi connectivity index (χ2v) is 6.41. The van der Waals surface area contributed by atoms with Crippen molar-refractivity contribution in [2.24, 2.45) is 0 Å². The number of halogens is 1. The SMILES string of the molecule is O=C(/C=C\c1ccc(Cl)cc1)Nc1nc(-c2cccs2)ns1. The van der Waals surface area contributed by atoms with Crippen molar-refractivity contribution >= 4 is 51.6 Å². The highest BCUT2D eigenvalue weighted by Crippen LogP contribution is 2.24. The van der Waals surface area contributed by atoms with Gasteiger partial charge in [0, 0.05) is 22.6 Å². The summed E-state index contributed by atoms with van der Waals surface area (Å²) in [7, 11) is 0. The molecule has 0 spiro atoms. The van der Waals surface area contributed by atoms with E-state index in [4.69, 9.17) is 11.6 Å². The molecule has 1 aromatic carbocycles. The number of anilines is 1. The van der Waals surface area contributed by atoms with Gasteiger partial charge in [-0.05, 0) is 35.2 Å². The summed E-state index contributed by atoms with van der Waals surface area (Å²) in [5.74, 6) is 0.390. The minimum Gasteiger partial charge on any atom is -0.297 e. The lowest BCUT2D eigenvalue weighted by Gasteiger charge is -1.96. The molecular weight excluding hydrogens is 338 g/mol. The first-order chi connectivity index (χ1) is 10.7. The zero-order valence-electron chi connectivity index (χ0n) is 11.2. The first-order valence-electron chi connectivity index (χ1n) is 6.33. The number of thiophene rings is 1. The molecule has 7 heteroatoms. The first kappa shape index (κ1) is 14.9. The molecule has 1 amide bonds. The third-order valence-corrected chi connectivity index (χ3v) is 4.44. The minimum atomic E-state index is -0.246. The summed E-state index contributed by atoms with van der Waals surface area (Å²) in [6.45, 7) is 0. The number of aromatic nitrogens is 2. The van der Waals surface area contributed by atoms with Gasteiger partial charge in [-0.2, -0.15) is 9.36 Å². The van der Waals surface area contributed by atoms with Crippen LogP contribution in [-0.2, 0) is 4.79 Å². The molecular formula is C15H10ClN3OS2. The molecule has 0 aliphatic heterocycles. The fourth-order valence-electron chi connectivity index (χ4n) is 1.67. The van der Waals surface area contributed by atoms with Gasteiger partial charge < -0.3 is 0 Å². The highest BCUT2D eigenvalue weighted by atomic mass is 35.5. The van der Waals surface area contributed by atoms with Gasteiger partial charge >= 0.3 is 0 Å². The van der Waals surface area contributed by atoms with Crippen LogP contribution in [0.25, 0.3) is 16.8 Å². The van der Waals surface area contributed by atoms with Crippen LogP contribution < -0.4 is 5.32 Å². The Kier molecular flexibility index (Phi) is 4.62. The Hall–Kier alpha value is -2.02. The van der Waals surface area contributed by atoms with E-state index in [1.165, 1.54) is 6.08 Å². The number of nitrogens with zero attached hydrogens (tertiary/aromatic N) is 2. The van der Waals surface area contributed by atoms with Gasteiger partial charge in [-0.15, -0.1) is 11.3 Å². The lowest BCUT2D eigenvalue weighted by Crippen LogP contribution is -2.07. The average molecular weight is 348 g/mol. The number of carbonyl (C=O) groups is 1. The second kappa shape index (κ2) is 6.83. The van der Waals surface area contributed by atoms with Crippen LogP contribution in [0.2, 0.25) is 5.02 Å². The number of rotatable bonds is 4. The quantitative estimate of drug-likeness (QED) is 0.703. The number of hydrogen-bond donors (Lipinski definition) is 1. The molecule has 0 aliphatic carbocycles. The Morgan fingerprint density at radius 2 is 2.05 bits per heavy atom. The molecule has 0 fully saturated rings. The Balaban J connectivity index is 1.63. The van der Waals surface area contributed by atoms with Crippen LogP contribution in [0.1, 0.15) is 5.56 Å². The number of nitrogens with one attached hydrogen (secondary N) is 1. The minimum absolute atomic E-state index is 0.246. The van der Waals surface area contributed by atoms with Crippen molar-refractivity contribution in [2.45, 2.75) is 0 Å². The molecule has 1 N–H and O–H groups in total. The van der Waals surface area contributed by atoms with Crippen LogP contribution in [0, 0.1) is 0 Å². The number of benzene rings is 1. The molecule has 3 rings (SSSR count). The maximum Gasteiger partial charge on any atom is 0.250 e. The van der Waals surface area contributed by atoms with Gasteiger partial charge in [-0.1, -0.05) is 29.8 Å². The summed E-state index contributed by atoms with van der Waals surface area (Å²) in [6, 6.07) is 11.1. The van der Waals surface area contributed by atoms with Crippen LogP contribution in [0.4, 0.5) is 5.13 Å². The Morgan fingerprint density at radius 3 is 2.77 bits per heavy atom. The van der Waals surface area contributed by atoms with E-state index in [2.05, 4.69) is 14.7 Å². The summed E-state index contributed by atoms with van der Waals surface area (Å²) in [6.07, 6.45) is 3.17. The van der Waals surface area contributed by atoms with Crippen molar-refractivity contribution in [3.63, 3.8) is 0 Å². The predicted molar refractivity (Wildman–Crippen MR) is 92.3 cm³/mol. The van der Waals surface area contributed by atoms with Crippen molar-refractivity contribution in [1.82, 2.24) is 9.36 Å². The zero-order chi connectivity index (χ0) is 15.4. The molecule has 4 nitrogen and oxygen atoms in total. The Labute approximate surface area is 140 Å². The fourth-order valence-corrected chi connectivity index (χ4v) is 3.10. The first-order valence-corrected chi connectivity index (χ1v) is 8.36. The highest BCUT2D eigenvalue weighted by molar-refractivity contribution is 7.14. The normalized spacial score (nSPS) is 11.0. The van der Waals surface area contributed by atoms with Crippen LogP contribution in [0.3, 0.4) is 0 Å². The van der Waals surface area contributed by atoms with E-state index in [0.29, 0.717) is 16.0 Å². The average Bonchev–Trinajstić information content (AvgIpc) is 3.17. The van der Waals surface area contributed by atoms with E-state index in [0.717, 1.165) is 22.0 Å². The summed E-state index contributed by atoms with van der Waals surface area (Å²) in [5.41, 5.74) is 0.899. The summed E-state index contributed by atoms with van der Waals surface area (Å²) < 4.78 is 4.23. The highest BCUT2D eigenvalue weighted by Gasteiger charge is 2.08. The second-order valence-electron chi connectivity index (χ2n) is 4.27. The molecule has 110 valence electrons. The molecule has 0 aliphatic rings. The molecule has 0 bridgehead atoms. The van der Waals surface area contributed by atoms with Crippen molar-refractivity contribution < 1.29 is 4.79 Å². The molecule has 0 saturated heterocycles. The molecule has 2 heterocycles. The van der Waals surface area contributed by atoms with Gasteiger partial charge in [-0.25, -0.2) is 0 Å². The third-order valence-electron chi connectivity index (χ3n) is 2.69. The van der Waals surface area contributed by atoms with Crippen LogP contribution >= 0.6 is 34.5 Å². The lowest BCUT2D eigenvalue weighted by molar-refractivity contribution is -0.111. The van der Waals surface area contributed by atoms with Crippen molar-refractivity contribution in [2.75, 3.05) is 5.32 Å². The summed E-state index contributed by atoms with van der Waals surface area (Å²) in [5, 5.41) is 5.81. The Bertz CT molecular complexity index is 795. The van der Waals surface area contributed by atoms with E-state index >= 15 is 0 Å². The van der Waals surface area contributed by atoms with Gasteiger partial charge in [-0.3, -0.25) is 10.1 Å². The molecule has 0 radical (unpaired) electrons. The smallest absolute Gasteiger partial charge is 0.250 e. The van der Waals surface area contributed by atoms with Gasteiger partial charge in [0.2, 0.25) is 11.0 Å². The lowest BCUT2D eigenvalue weighted by atomic mass is 10.2. The van der Waals surface area contributed by atoms with E-state index in [1.54, 1.807) is 29.5 Å². The molecule has 2 aromatic heterocycles. The number of carbonyl (C=O) groups excluding carboxylic acids is 1. The number of hydrogen-bond acceptors (Lipinski definition) is 5. The van der Waals surface area contributed by atoms with E-state index < -0.39 is 0 Å². The van der Waals surface area contributed by atoms with E-state index in [1.807, 2.05) is 29.6 Å². The topological polar surface area (TPSA) is 54.9 Å². The number of amides is 1. The van der Waals surface area contributed by atoms with Crippen LogP contribution in [0.15, 0.2) is 47.9 Å². The standard InChI is InChI=1S/C15H10ClN3OS2/c16-11-6-3-10(4-7-11)5-8-13(20)17-15-18-14(19-22-15)12-2-1-9-21-12/h1-9H,(H,17,18,19,20)/b8-5-. The maximum atomic E-state index is 11.9. The van der Waals surface area contributed by atoms with Crippen molar-refractivity contribution in [3.05, 3.63) is 58.4 Å². The Morgan fingerprint density at radius 1 is 1.23 bits per heavy atom. The molecule has 0 saturated carbocycles. The zero-order valence-corrected chi connectivity index (χ0v) is 13.6. The largest absolute Gasteiger partial charge is 0.297 e. The van der Waals surface area contributed by atoms with Gasteiger partial charge in [0.05, 0.1) is 4.88 Å². The fraction of sp³-hybridized carbons (Fsp3) is 0. The molecule has 3 aromatic rings. The molecule has 0 atom stereocenters. The van der Waals surface area contributed by atoms with Gasteiger partial charge in [0.25, 0.3) is 0 Å². The third kappa shape index (κ3) is 3.79. The molecule has 0 unspecified atom stereocenters. The predicted octanol–water partition coefficient (Wildman–Crippen LogP) is 4.57. The van der Waals surface area contributed by atoms with Crippen LogP contribution in [-0.4, -0.2) is 15.3 Å². The monoisotopic (exact) mass is 347 g/mol. The summed E-state index contributed by atoms with van der Waals surface area (Å²) >= 11 is 8.53. The van der Waals surface area contributed by atoms with Crippen molar-refractivity contribution in [3.8, 4) is 10.7 Å². The van der Waals surface area contributed by atoms with Gasteiger partial charge in [0.1, 0.15) is 0 Å². The maximum absolute atomic E-state index is 11.9. The summed E-state index contributed by atoms with van der Waals surface area (Å²) in [4.78, 5) is 17.1.